The number of carbonyl (C=O) groups excluding carboxylic acids is 1. The Hall–Kier alpha value is -0.770. The van der Waals surface area contributed by atoms with Gasteiger partial charge in [-0.25, -0.2) is 0 Å². The van der Waals surface area contributed by atoms with Crippen LogP contribution in [-0.4, -0.2) is 91.9 Å². The minimum Gasteiger partial charge on any atom is -0.463 e. The lowest BCUT2D eigenvalue weighted by molar-refractivity contribution is -0.150. The molecule has 0 aromatic carbocycles. The average Bonchev–Trinajstić information content (AvgIpc) is 2.89. The molecule has 0 spiro atoms. The van der Waals surface area contributed by atoms with Gasteiger partial charge in [0.25, 0.3) is 0 Å². The van der Waals surface area contributed by atoms with Gasteiger partial charge in [-0.05, 0) is 19.3 Å². The van der Waals surface area contributed by atoms with Crippen LogP contribution in [0.1, 0.15) is 85.0 Å². The van der Waals surface area contributed by atoms with Crippen LogP contribution in [0.4, 0.5) is 0 Å². The van der Waals surface area contributed by atoms with Crippen molar-refractivity contribution in [3.8, 4) is 0 Å². The Morgan fingerprint density at radius 2 is 0.861 bits per heavy atom. The Morgan fingerprint density at radius 1 is 0.472 bits per heavy atom. The molecule has 1 atom stereocenters. The molecular formula is C28H56O8. The van der Waals surface area contributed by atoms with Crippen LogP contribution in [0.5, 0.6) is 0 Å². The van der Waals surface area contributed by atoms with Gasteiger partial charge in [-0.2, -0.15) is 0 Å². The molecule has 0 radical (unpaired) electrons. The topological polar surface area (TPSA) is 81.7 Å². The van der Waals surface area contributed by atoms with Gasteiger partial charge >= 0.3 is 5.97 Å². The number of hydrogen-bond donors (Lipinski definition) is 0. The summed E-state index contributed by atoms with van der Waals surface area (Å²) in [6, 6.07) is 0. The molecule has 8 heteroatoms. The number of unbranched alkanes of at least 4 members (excludes halogenated alkanes) is 6. The number of esters is 1. The maximum absolute atomic E-state index is 12.0. The highest BCUT2D eigenvalue weighted by Gasteiger charge is 2.16. The van der Waals surface area contributed by atoms with Crippen molar-refractivity contribution in [2.75, 3.05) is 85.9 Å². The highest BCUT2D eigenvalue weighted by Crippen LogP contribution is 2.14. The second-order valence-electron chi connectivity index (χ2n) is 8.86. The molecule has 0 saturated heterocycles. The van der Waals surface area contributed by atoms with Crippen LogP contribution in [-0.2, 0) is 38.0 Å². The molecule has 0 fully saturated rings. The molecule has 0 rings (SSSR count). The van der Waals surface area contributed by atoms with Crippen molar-refractivity contribution < 1.29 is 38.0 Å². The minimum absolute atomic E-state index is 0.0106. The molecule has 0 bridgehead atoms. The molecule has 0 aliphatic rings. The molecule has 216 valence electrons. The van der Waals surface area contributed by atoms with E-state index in [1.165, 1.54) is 32.1 Å². The maximum atomic E-state index is 12.0. The van der Waals surface area contributed by atoms with E-state index in [4.69, 9.17) is 33.2 Å². The summed E-state index contributed by atoms with van der Waals surface area (Å²) >= 11 is 0. The van der Waals surface area contributed by atoms with Crippen molar-refractivity contribution in [3.63, 3.8) is 0 Å². The van der Waals surface area contributed by atoms with Gasteiger partial charge in [-0.15, -0.1) is 0 Å². The molecule has 0 aliphatic carbocycles. The molecule has 0 saturated carbocycles. The Bertz CT molecular complexity index is 436. The lowest BCUT2D eigenvalue weighted by Gasteiger charge is -2.13. The number of ether oxygens (including phenoxy) is 7. The predicted octanol–water partition coefficient (Wildman–Crippen LogP) is 5.21. The van der Waals surface area contributed by atoms with Crippen LogP contribution < -0.4 is 0 Å². The highest BCUT2D eigenvalue weighted by molar-refractivity contribution is 5.72. The van der Waals surface area contributed by atoms with Crippen LogP contribution >= 0.6 is 0 Å². The van der Waals surface area contributed by atoms with Gasteiger partial charge in [-0.3, -0.25) is 4.79 Å². The van der Waals surface area contributed by atoms with Crippen molar-refractivity contribution in [2.24, 2.45) is 5.92 Å². The highest BCUT2D eigenvalue weighted by atomic mass is 16.6. The molecule has 0 aliphatic heterocycles. The van der Waals surface area contributed by atoms with Crippen molar-refractivity contribution in [1.29, 1.82) is 0 Å². The van der Waals surface area contributed by atoms with E-state index in [2.05, 4.69) is 13.8 Å². The zero-order valence-electron chi connectivity index (χ0n) is 23.6. The summed E-state index contributed by atoms with van der Waals surface area (Å²) in [5.41, 5.74) is 0. The van der Waals surface area contributed by atoms with E-state index in [0.717, 1.165) is 38.7 Å². The van der Waals surface area contributed by atoms with E-state index < -0.39 is 0 Å². The third-order valence-corrected chi connectivity index (χ3v) is 5.71. The summed E-state index contributed by atoms with van der Waals surface area (Å²) < 4.78 is 38.2. The Morgan fingerprint density at radius 3 is 1.31 bits per heavy atom. The lowest BCUT2D eigenvalue weighted by atomic mass is 10.00. The first-order valence-electron chi connectivity index (χ1n) is 14.4. The summed E-state index contributed by atoms with van der Waals surface area (Å²) in [5.74, 6) is -0.0976. The maximum Gasteiger partial charge on any atom is 0.308 e. The molecular weight excluding hydrogens is 464 g/mol. The molecule has 8 nitrogen and oxygen atoms in total. The van der Waals surface area contributed by atoms with Gasteiger partial charge in [0.2, 0.25) is 0 Å². The van der Waals surface area contributed by atoms with Crippen LogP contribution in [0, 0.1) is 5.92 Å². The van der Waals surface area contributed by atoms with E-state index in [0.29, 0.717) is 79.3 Å². The molecule has 0 aromatic rings. The molecule has 0 amide bonds. The molecule has 0 heterocycles. The van der Waals surface area contributed by atoms with E-state index in [9.17, 15) is 4.79 Å². The van der Waals surface area contributed by atoms with E-state index in [-0.39, 0.29) is 11.9 Å². The van der Waals surface area contributed by atoms with E-state index in [1.807, 2.05) is 6.92 Å². The van der Waals surface area contributed by atoms with Gasteiger partial charge in [-0.1, -0.05) is 65.7 Å². The zero-order chi connectivity index (χ0) is 26.4. The zero-order valence-corrected chi connectivity index (χ0v) is 23.6. The van der Waals surface area contributed by atoms with Crippen LogP contribution in [0.15, 0.2) is 0 Å². The third-order valence-electron chi connectivity index (χ3n) is 5.71. The Kier molecular flexibility index (Phi) is 29.8. The number of carbonyl (C=O) groups is 1. The summed E-state index contributed by atoms with van der Waals surface area (Å²) in [7, 11) is 0. The van der Waals surface area contributed by atoms with E-state index in [1.54, 1.807) is 0 Å². The molecule has 36 heavy (non-hydrogen) atoms. The summed E-state index contributed by atoms with van der Waals surface area (Å²) in [6.07, 6.45) is 11.6. The normalized spacial score (nSPS) is 12.2. The first-order valence-corrected chi connectivity index (χ1v) is 14.4. The second-order valence-corrected chi connectivity index (χ2v) is 8.86. The molecule has 0 N–H and O–H groups in total. The number of rotatable bonds is 30. The minimum atomic E-state index is -0.108. The predicted molar refractivity (Wildman–Crippen MR) is 143 cm³/mol. The van der Waals surface area contributed by atoms with Gasteiger partial charge in [0.1, 0.15) is 6.61 Å². The fourth-order valence-corrected chi connectivity index (χ4v) is 3.44. The quantitative estimate of drug-likeness (QED) is 0.0943. The summed E-state index contributed by atoms with van der Waals surface area (Å²) in [5, 5.41) is 0. The smallest absolute Gasteiger partial charge is 0.308 e. The van der Waals surface area contributed by atoms with Crippen LogP contribution in [0.3, 0.4) is 0 Å². The lowest BCUT2D eigenvalue weighted by Crippen LogP contribution is -2.20. The van der Waals surface area contributed by atoms with E-state index >= 15 is 0 Å². The Balaban J connectivity index is 3.17. The van der Waals surface area contributed by atoms with Crippen molar-refractivity contribution in [2.45, 2.75) is 85.0 Å². The fraction of sp³-hybridized carbons (Fsp3) is 0.964. The van der Waals surface area contributed by atoms with Gasteiger partial charge in [0.05, 0.1) is 78.6 Å². The van der Waals surface area contributed by atoms with Crippen molar-refractivity contribution in [1.82, 2.24) is 0 Å². The van der Waals surface area contributed by atoms with Crippen LogP contribution in [0.25, 0.3) is 0 Å². The van der Waals surface area contributed by atoms with Gasteiger partial charge < -0.3 is 33.2 Å². The third kappa shape index (κ3) is 26.3. The number of hydrogen-bond acceptors (Lipinski definition) is 8. The van der Waals surface area contributed by atoms with Gasteiger partial charge in [0, 0.05) is 6.61 Å². The first-order chi connectivity index (χ1) is 17.8. The Labute approximate surface area is 221 Å². The largest absolute Gasteiger partial charge is 0.463 e. The van der Waals surface area contributed by atoms with Crippen LogP contribution in [0.2, 0.25) is 0 Å². The average molecular weight is 521 g/mol. The molecule has 0 aromatic heterocycles. The van der Waals surface area contributed by atoms with Crippen molar-refractivity contribution in [3.05, 3.63) is 0 Å². The molecule has 1 unspecified atom stereocenters. The standard InChI is InChI=1S/C28H56O8/c1-4-7-9-10-11-12-14-30-15-16-31-17-18-32-19-20-33-21-22-34-23-24-35-25-26-36-28(29)27(6-3)13-8-5-2/h27H,4-26H2,1-3H3. The monoisotopic (exact) mass is 520 g/mol. The van der Waals surface area contributed by atoms with Gasteiger partial charge in [0.15, 0.2) is 0 Å². The SMILES string of the molecule is CCCCCCCCOCCOCCOCCOCCOCCOCCOC(=O)C(CC)CCCC. The summed E-state index contributed by atoms with van der Waals surface area (Å²) in [4.78, 5) is 12.0. The summed E-state index contributed by atoms with van der Waals surface area (Å²) in [6.45, 7) is 13.3. The first kappa shape index (κ1) is 35.2. The fourth-order valence-electron chi connectivity index (χ4n) is 3.44. The second kappa shape index (κ2) is 30.5. The van der Waals surface area contributed by atoms with Crippen molar-refractivity contribution >= 4 is 5.97 Å².